The molecule has 0 spiro atoms. The van der Waals surface area contributed by atoms with Gasteiger partial charge in [0.25, 0.3) is 0 Å². The normalized spacial score (nSPS) is 10.2. The minimum Gasteiger partial charge on any atom is -0.389 e. The van der Waals surface area contributed by atoms with Crippen LogP contribution in [0.5, 0.6) is 0 Å². The second-order valence-electron chi connectivity index (χ2n) is 2.80. The molecule has 0 radical (unpaired) electrons. The van der Waals surface area contributed by atoms with Gasteiger partial charge in [-0.15, -0.1) is 0 Å². The lowest BCUT2D eigenvalue weighted by molar-refractivity contribution is 1.36. The van der Waals surface area contributed by atoms with Gasteiger partial charge in [0.1, 0.15) is 4.99 Å². The first-order valence-electron chi connectivity index (χ1n) is 3.91. The fourth-order valence-electron chi connectivity index (χ4n) is 1.24. The van der Waals surface area contributed by atoms with Crippen molar-refractivity contribution in [3.63, 3.8) is 0 Å². The van der Waals surface area contributed by atoms with Crippen molar-refractivity contribution in [2.24, 2.45) is 5.73 Å². The van der Waals surface area contributed by atoms with Gasteiger partial charge in [-0.2, -0.15) is 0 Å². The minimum atomic E-state index is 0.422. The molecule has 64 valence electrons. The third-order valence-corrected chi connectivity index (χ3v) is 2.16. The molecule has 0 saturated carbocycles. The van der Waals surface area contributed by atoms with E-state index >= 15 is 0 Å². The maximum atomic E-state index is 5.52. The van der Waals surface area contributed by atoms with Crippen molar-refractivity contribution in [3.8, 4) is 0 Å². The number of thiocarbonyl (C=S) groups is 1. The number of benzene rings is 1. The average molecular weight is 188 g/mol. The summed E-state index contributed by atoms with van der Waals surface area (Å²) in [5.74, 6) is 0. The lowest BCUT2D eigenvalue weighted by Gasteiger charge is -2.00. The minimum absolute atomic E-state index is 0.422. The van der Waals surface area contributed by atoms with E-state index in [-0.39, 0.29) is 0 Å². The molecule has 0 aliphatic carbocycles. The molecule has 1 aromatic heterocycles. The van der Waals surface area contributed by atoms with Gasteiger partial charge >= 0.3 is 0 Å². The van der Waals surface area contributed by atoms with Gasteiger partial charge in [-0.05, 0) is 17.5 Å². The topological polar surface area (TPSA) is 38.9 Å². The van der Waals surface area contributed by atoms with Crippen molar-refractivity contribution in [3.05, 3.63) is 42.2 Å². The van der Waals surface area contributed by atoms with E-state index < -0.39 is 0 Å². The van der Waals surface area contributed by atoms with E-state index in [1.807, 2.05) is 24.3 Å². The number of hydrogen-bond acceptors (Lipinski definition) is 2. The highest BCUT2D eigenvalue weighted by Gasteiger charge is 1.97. The van der Waals surface area contributed by atoms with Gasteiger partial charge in [0.2, 0.25) is 0 Å². The molecule has 0 atom stereocenters. The van der Waals surface area contributed by atoms with Crippen LogP contribution in [0.15, 0.2) is 36.7 Å². The van der Waals surface area contributed by atoms with Crippen LogP contribution in [0.3, 0.4) is 0 Å². The Morgan fingerprint density at radius 1 is 1.23 bits per heavy atom. The molecule has 0 bridgehead atoms. The van der Waals surface area contributed by atoms with Crippen LogP contribution in [0.4, 0.5) is 0 Å². The molecule has 2 nitrogen and oxygen atoms in total. The van der Waals surface area contributed by atoms with E-state index in [1.54, 1.807) is 12.4 Å². The number of pyridine rings is 1. The molecular weight excluding hydrogens is 180 g/mol. The molecule has 1 aromatic carbocycles. The third kappa shape index (κ3) is 1.51. The molecular formula is C10H8N2S. The quantitative estimate of drug-likeness (QED) is 0.694. The summed E-state index contributed by atoms with van der Waals surface area (Å²) in [5, 5.41) is 2.21. The molecule has 0 unspecified atom stereocenters. The molecule has 0 aliphatic heterocycles. The SMILES string of the molecule is NC(=S)c1ccc2ccncc2c1. The monoisotopic (exact) mass is 188 g/mol. The predicted octanol–water partition coefficient (Wildman–Crippen LogP) is 1.87. The number of fused-ring (bicyclic) bond motifs is 1. The zero-order valence-electron chi connectivity index (χ0n) is 6.90. The van der Waals surface area contributed by atoms with Gasteiger partial charge in [-0.1, -0.05) is 24.4 Å². The molecule has 13 heavy (non-hydrogen) atoms. The summed E-state index contributed by atoms with van der Waals surface area (Å²) < 4.78 is 0. The smallest absolute Gasteiger partial charge is 0.104 e. The van der Waals surface area contributed by atoms with Crippen molar-refractivity contribution in [2.75, 3.05) is 0 Å². The van der Waals surface area contributed by atoms with Gasteiger partial charge in [0.15, 0.2) is 0 Å². The summed E-state index contributed by atoms with van der Waals surface area (Å²) in [7, 11) is 0. The Kier molecular flexibility index (Phi) is 1.94. The van der Waals surface area contributed by atoms with Gasteiger partial charge in [0.05, 0.1) is 0 Å². The second-order valence-corrected chi connectivity index (χ2v) is 3.24. The van der Waals surface area contributed by atoms with Gasteiger partial charge in [0, 0.05) is 23.3 Å². The number of rotatable bonds is 1. The molecule has 1 heterocycles. The van der Waals surface area contributed by atoms with Crippen molar-refractivity contribution >= 4 is 28.0 Å². The van der Waals surface area contributed by atoms with Crippen LogP contribution in [0.2, 0.25) is 0 Å². The first-order valence-corrected chi connectivity index (χ1v) is 4.32. The number of hydrogen-bond donors (Lipinski definition) is 1. The van der Waals surface area contributed by atoms with Crippen LogP contribution in [0, 0.1) is 0 Å². The Labute approximate surface area is 81.4 Å². The second kappa shape index (κ2) is 3.11. The lowest BCUT2D eigenvalue weighted by atomic mass is 10.1. The van der Waals surface area contributed by atoms with Crippen molar-refractivity contribution in [2.45, 2.75) is 0 Å². The van der Waals surface area contributed by atoms with E-state index in [4.69, 9.17) is 18.0 Å². The van der Waals surface area contributed by atoms with E-state index in [1.165, 1.54) is 0 Å². The van der Waals surface area contributed by atoms with Gasteiger partial charge in [-0.3, -0.25) is 4.98 Å². The fraction of sp³-hybridized carbons (Fsp3) is 0. The molecule has 0 aliphatic rings. The van der Waals surface area contributed by atoms with Crippen LogP contribution in [-0.2, 0) is 0 Å². The molecule has 0 amide bonds. The summed E-state index contributed by atoms with van der Waals surface area (Å²) in [4.78, 5) is 4.45. The summed E-state index contributed by atoms with van der Waals surface area (Å²) in [6, 6.07) is 7.82. The summed E-state index contributed by atoms with van der Waals surface area (Å²) >= 11 is 4.88. The highest BCUT2D eigenvalue weighted by molar-refractivity contribution is 7.80. The van der Waals surface area contributed by atoms with Crippen molar-refractivity contribution < 1.29 is 0 Å². The van der Waals surface area contributed by atoms with E-state index in [2.05, 4.69) is 4.98 Å². The van der Waals surface area contributed by atoms with Gasteiger partial charge in [-0.25, -0.2) is 0 Å². The standard InChI is InChI=1S/C10H8N2S/c11-10(13)8-2-1-7-3-4-12-6-9(7)5-8/h1-6H,(H2,11,13). The maximum absolute atomic E-state index is 5.52. The Balaban J connectivity index is 2.69. The van der Waals surface area contributed by atoms with Crippen LogP contribution < -0.4 is 5.73 Å². The van der Waals surface area contributed by atoms with Crippen LogP contribution in [-0.4, -0.2) is 9.97 Å². The highest BCUT2D eigenvalue weighted by atomic mass is 32.1. The Morgan fingerprint density at radius 3 is 2.85 bits per heavy atom. The molecule has 2 N–H and O–H groups in total. The Hall–Kier alpha value is -1.48. The lowest BCUT2D eigenvalue weighted by Crippen LogP contribution is -2.08. The molecule has 2 rings (SSSR count). The number of nitrogens with zero attached hydrogens (tertiary/aromatic N) is 1. The number of aromatic nitrogens is 1. The molecule has 0 saturated heterocycles. The van der Waals surface area contributed by atoms with Crippen molar-refractivity contribution in [1.82, 2.24) is 4.98 Å². The largest absolute Gasteiger partial charge is 0.389 e. The van der Waals surface area contributed by atoms with Crippen LogP contribution in [0.1, 0.15) is 5.56 Å². The van der Waals surface area contributed by atoms with Crippen LogP contribution >= 0.6 is 12.2 Å². The average Bonchev–Trinajstić information content (AvgIpc) is 2.17. The Bertz CT molecular complexity index is 465. The predicted molar refractivity (Wildman–Crippen MR) is 57.6 cm³/mol. The van der Waals surface area contributed by atoms with E-state index in [0.717, 1.165) is 16.3 Å². The fourth-order valence-corrected chi connectivity index (χ4v) is 1.37. The summed E-state index contributed by atoms with van der Waals surface area (Å²) in [5.41, 5.74) is 6.40. The first-order chi connectivity index (χ1) is 6.27. The molecule has 0 fully saturated rings. The number of nitrogens with two attached hydrogens (primary N) is 1. The zero-order valence-corrected chi connectivity index (χ0v) is 7.71. The molecule has 2 aromatic rings. The van der Waals surface area contributed by atoms with Crippen LogP contribution in [0.25, 0.3) is 10.8 Å². The first kappa shape index (κ1) is 8.13. The summed E-state index contributed by atoms with van der Waals surface area (Å²) in [6.45, 7) is 0. The zero-order chi connectivity index (χ0) is 9.26. The Morgan fingerprint density at radius 2 is 2.08 bits per heavy atom. The molecule has 3 heteroatoms. The maximum Gasteiger partial charge on any atom is 0.104 e. The van der Waals surface area contributed by atoms with E-state index in [0.29, 0.717) is 4.99 Å². The van der Waals surface area contributed by atoms with E-state index in [9.17, 15) is 0 Å². The third-order valence-electron chi connectivity index (χ3n) is 1.93. The summed E-state index contributed by atoms with van der Waals surface area (Å²) in [6.07, 6.45) is 3.57. The van der Waals surface area contributed by atoms with Gasteiger partial charge < -0.3 is 5.73 Å². The highest BCUT2D eigenvalue weighted by Crippen LogP contribution is 2.13. The van der Waals surface area contributed by atoms with Crippen molar-refractivity contribution in [1.29, 1.82) is 0 Å².